The number of hydrogen-bond donors (Lipinski definition) is 3. The Morgan fingerprint density at radius 3 is 2.44 bits per heavy atom. The van der Waals surface area contributed by atoms with Crippen LogP contribution in [-0.4, -0.2) is 62.8 Å². The van der Waals surface area contributed by atoms with Crippen molar-refractivity contribution in [1.29, 1.82) is 0 Å². The van der Waals surface area contributed by atoms with Crippen molar-refractivity contribution in [3.63, 3.8) is 0 Å². The Balaban J connectivity index is 1.89. The number of rotatable bonds is 6. The average Bonchev–Trinajstić information content (AvgIpc) is 2.60. The molecule has 1 fully saturated rings. The number of nitrogens with zero attached hydrogens (tertiary/aromatic N) is 1. The van der Waals surface area contributed by atoms with Crippen LogP contribution in [0.3, 0.4) is 0 Å². The van der Waals surface area contributed by atoms with Crippen LogP contribution in [0.1, 0.15) is 19.8 Å². The smallest absolute Gasteiger partial charge is 0.315 e. The summed E-state index contributed by atoms with van der Waals surface area (Å²) < 4.78 is 31.8. The number of aliphatic hydroxyl groups is 1. The molecule has 9 heteroatoms. The highest BCUT2D eigenvalue weighted by Crippen LogP contribution is 2.22. The monoisotopic (exact) mass is 371 g/mol. The fraction of sp³-hybridized carbons (Fsp3) is 0.562. The molecular formula is C16H25N3O5S. The predicted octanol–water partition coefficient (Wildman–Crippen LogP) is 0.528. The fourth-order valence-corrected chi connectivity index (χ4v) is 4.08. The fourth-order valence-electron chi connectivity index (χ4n) is 2.61. The van der Waals surface area contributed by atoms with Crippen LogP contribution in [0.15, 0.2) is 29.2 Å². The first-order valence-corrected chi connectivity index (χ1v) is 9.63. The Labute approximate surface area is 148 Å². The Kier molecular flexibility index (Phi) is 6.63. The first kappa shape index (κ1) is 19.5. The summed E-state index contributed by atoms with van der Waals surface area (Å²) in [5.74, 6) is 0.602. The van der Waals surface area contributed by atoms with Crippen LogP contribution in [0, 0.1) is 0 Å². The van der Waals surface area contributed by atoms with E-state index in [0.717, 1.165) is 0 Å². The zero-order valence-corrected chi connectivity index (χ0v) is 15.3. The van der Waals surface area contributed by atoms with Gasteiger partial charge in [-0.05, 0) is 44.0 Å². The van der Waals surface area contributed by atoms with Crippen LogP contribution in [0.2, 0.25) is 0 Å². The van der Waals surface area contributed by atoms with Gasteiger partial charge in [-0.1, -0.05) is 0 Å². The second-order valence-corrected chi connectivity index (χ2v) is 8.00. The van der Waals surface area contributed by atoms with E-state index in [2.05, 4.69) is 10.6 Å². The molecule has 1 aliphatic rings. The largest absolute Gasteiger partial charge is 0.497 e. The highest BCUT2D eigenvalue weighted by molar-refractivity contribution is 7.89. The Morgan fingerprint density at radius 1 is 1.32 bits per heavy atom. The van der Waals surface area contributed by atoms with E-state index in [0.29, 0.717) is 31.7 Å². The molecule has 0 aromatic heterocycles. The van der Waals surface area contributed by atoms with Crippen molar-refractivity contribution in [2.45, 2.75) is 36.8 Å². The maximum absolute atomic E-state index is 12.7. The number of methoxy groups -OCH3 is 1. The summed E-state index contributed by atoms with van der Waals surface area (Å²) in [6.07, 6.45) is 0.469. The third-order valence-corrected chi connectivity index (χ3v) is 5.96. The van der Waals surface area contributed by atoms with Gasteiger partial charge in [-0.15, -0.1) is 0 Å². The molecule has 140 valence electrons. The molecule has 0 bridgehead atoms. The van der Waals surface area contributed by atoms with Gasteiger partial charge in [0.1, 0.15) is 5.75 Å². The van der Waals surface area contributed by atoms with Crippen molar-refractivity contribution in [2.24, 2.45) is 0 Å². The molecule has 2 amide bonds. The molecule has 0 radical (unpaired) electrons. The average molecular weight is 371 g/mol. The van der Waals surface area contributed by atoms with Crippen LogP contribution in [0.25, 0.3) is 0 Å². The number of urea groups is 1. The van der Waals surface area contributed by atoms with E-state index < -0.39 is 16.1 Å². The first-order valence-electron chi connectivity index (χ1n) is 8.19. The molecule has 1 atom stereocenters. The summed E-state index contributed by atoms with van der Waals surface area (Å²) in [5.41, 5.74) is 0. The lowest BCUT2D eigenvalue weighted by Gasteiger charge is -2.31. The van der Waals surface area contributed by atoms with E-state index in [-0.39, 0.29) is 23.5 Å². The zero-order valence-electron chi connectivity index (χ0n) is 14.4. The number of carbonyl (C=O) groups excluding carboxylic acids is 1. The molecule has 0 aliphatic carbocycles. The van der Waals surface area contributed by atoms with Gasteiger partial charge in [-0.2, -0.15) is 4.31 Å². The Morgan fingerprint density at radius 2 is 1.92 bits per heavy atom. The summed E-state index contributed by atoms with van der Waals surface area (Å²) >= 11 is 0. The molecule has 3 N–H and O–H groups in total. The van der Waals surface area contributed by atoms with Crippen LogP contribution in [0.5, 0.6) is 5.75 Å². The number of ether oxygens (including phenoxy) is 1. The molecule has 25 heavy (non-hydrogen) atoms. The van der Waals surface area contributed by atoms with Crippen LogP contribution >= 0.6 is 0 Å². The second kappa shape index (κ2) is 8.50. The number of aliphatic hydroxyl groups excluding tert-OH is 1. The number of amides is 2. The van der Waals surface area contributed by atoms with E-state index in [9.17, 15) is 13.2 Å². The highest BCUT2D eigenvalue weighted by Gasteiger charge is 2.29. The molecule has 1 saturated heterocycles. The summed E-state index contributed by atoms with van der Waals surface area (Å²) in [7, 11) is -2.02. The standard InChI is InChI=1S/C16H25N3O5S/c1-12(20)11-17-16(21)18-13-7-9-19(10-8-13)25(22,23)15-5-3-14(24-2)4-6-15/h3-6,12-13,20H,7-11H2,1-2H3,(H2,17,18,21)/t12-/m0/s1. The molecule has 0 unspecified atom stereocenters. The van der Waals surface area contributed by atoms with E-state index in [1.165, 1.54) is 23.5 Å². The van der Waals surface area contributed by atoms with Gasteiger partial charge in [0.15, 0.2) is 0 Å². The van der Waals surface area contributed by atoms with Crippen LogP contribution in [-0.2, 0) is 10.0 Å². The number of carbonyl (C=O) groups is 1. The molecule has 1 heterocycles. The first-order chi connectivity index (χ1) is 11.8. The minimum Gasteiger partial charge on any atom is -0.497 e. The lowest BCUT2D eigenvalue weighted by molar-refractivity contribution is 0.185. The zero-order chi connectivity index (χ0) is 18.4. The topological polar surface area (TPSA) is 108 Å². The van der Waals surface area contributed by atoms with E-state index >= 15 is 0 Å². The molecule has 8 nitrogen and oxygen atoms in total. The van der Waals surface area contributed by atoms with Gasteiger partial charge in [0.25, 0.3) is 0 Å². The minimum atomic E-state index is -3.54. The third kappa shape index (κ3) is 5.32. The number of nitrogens with one attached hydrogen (secondary N) is 2. The van der Waals surface area contributed by atoms with E-state index in [1.807, 2.05) is 0 Å². The number of sulfonamides is 1. The van der Waals surface area contributed by atoms with Gasteiger partial charge >= 0.3 is 6.03 Å². The third-order valence-electron chi connectivity index (χ3n) is 4.04. The van der Waals surface area contributed by atoms with Crippen molar-refractivity contribution in [3.05, 3.63) is 24.3 Å². The summed E-state index contributed by atoms with van der Waals surface area (Å²) in [6.45, 7) is 2.45. The van der Waals surface area contributed by atoms with Gasteiger partial charge in [0.2, 0.25) is 10.0 Å². The SMILES string of the molecule is COc1ccc(S(=O)(=O)N2CCC(NC(=O)NC[C@H](C)O)CC2)cc1. The van der Waals surface area contributed by atoms with Crippen molar-refractivity contribution in [3.8, 4) is 5.75 Å². The lowest BCUT2D eigenvalue weighted by Crippen LogP contribution is -2.49. The van der Waals surface area contributed by atoms with Gasteiger partial charge in [0, 0.05) is 25.7 Å². The van der Waals surface area contributed by atoms with Crippen molar-refractivity contribution in [1.82, 2.24) is 14.9 Å². The van der Waals surface area contributed by atoms with Crippen LogP contribution in [0.4, 0.5) is 4.79 Å². The maximum atomic E-state index is 12.7. The molecular weight excluding hydrogens is 346 g/mol. The van der Waals surface area contributed by atoms with Crippen molar-refractivity contribution < 1.29 is 23.1 Å². The van der Waals surface area contributed by atoms with E-state index in [1.54, 1.807) is 19.1 Å². The summed E-state index contributed by atoms with van der Waals surface area (Å²) in [5, 5.41) is 14.5. The lowest BCUT2D eigenvalue weighted by atomic mass is 10.1. The number of benzene rings is 1. The normalized spacial score (nSPS) is 17.7. The highest BCUT2D eigenvalue weighted by atomic mass is 32.2. The molecule has 2 rings (SSSR count). The summed E-state index contributed by atoms with van der Waals surface area (Å²) in [4.78, 5) is 11.9. The summed E-state index contributed by atoms with van der Waals surface area (Å²) in [6, 6.07) is 5.86. The number of hydrogen-bond acceptors (Lipinski definition) is 5. The predicted molar refractivity (Wildman–Crippen MR) is 93.0 cm³/mol. The van der Waals surface area contributed by atoms with Crippen LogP contribution < -0.4 is 15.4 Å². The quantitative estimate of drug-likeness (QED) is 0.676. The number of piperidine rings is 1. The Hall–Kier alpha value is -1.84. The maximum Gasteiger partial charge on any atom is 0.315 e. The molecule has 0 saturated carbocycles. The molecule has 1 aliphatic heterocycles. The van der Waals surface area contributed by atoms with Gasteiger partial charge in [-0.25, -0.2) is 13.2 Å². The molecule has 1 aromatic rings. The van der Waals surface area contributed by atoms with Crippen molar-refractivity contribution in [2.75, 3.05) is 26.7 Å². The second-order valence-electron chi connectivity index (χ2n) is 6.06. The van der Waals surface area contributed by atoms with Crippen molar-refractivity contribution >= 4 is 16.1 Å². The van der Waals surface area contributed by atoms with E-state index in [4.69, 9.17) is 9.84 Å². The van der Waals surface area contributed by atoms with Gasteiger partial charge in [-0.3, -0.25) is 0 Å². The molecule has 0 spiro atoms. The van der Waals surface area contributed by atoms with Gasteiger partial charge < -0.3 is 20.5 Å². The minimum absolute atomic E-state index is 0.0867. The molecule has 1 aromatic carbocycles. The Bertz CT molecular complexity index is 668. The van der Waals surface area contributed by atoms with Gasteiger partial charge in [0.05, 0.1) is 18.1 Å².